The van der Waals surface area contributed by atoms with Crippen LogP contribution in [0.2, 0.25) is 0 Å². The second kappa shape index (κ2) is 7.28. The van der Waals surface area contributed by atoms with Crippen molar-refractivity contribution < 1.29 is 8.42 Å². The van der Waals surface area contributed by atoms with Gasteiger partial charge in [-0.25, -0.2) is 8.42 Å². The molecule has 2 N–H and O–H groups in total. The maximum Gasteiger partial charge on any atom is 0.146 e. The van der Waals surface area contributed by atoms with Crippen LogP contribution in [0.4, 0.5) is 0 Å². The van der Waals surface area contributed by atoms with E-state index in [4.69, 9.17) is 11.0 Å². The molecule has 0 spiro atoms. The molecule has 0 saturated carbocycles. The van der Waals surface area contributed by atoms with Crippen LogP contribution in [0.1, 0.15) is 35.8 Å². The molecule has 0 fully saturated rings. The monoisotopic (exact) mass is 274 g/mol. The van der Waals surface area contributed by atoms with Crippen LogP contribution in [0.3, 0.4) is 0 Å². The van der Waals surface area contributed by atoms with Crippen molar-refractivity contribution in [3.05, 3.63) is 35.4 Å². The SMILES string of the molecule is CC(c1ccc([C@@H](N)CC#N)cc1)[SH](=O)=O.Cl. The van der Waals surface area contributed by atoms with Gasteiger partial charge in [-0.05, 0) is 18.1 Å². The van der Waals surface area contributed by atoms with E-state index in [1.807, 2.05) is 6.07 Å². The zero-order valence-corrected chi connectivity index (χ0v) is 11.1. The standard InChI is InChI=1S/C11H14N2O2S.ClH/c1-8(16(14)15)9-2-4-10(5-3-9)11(13)6-7-12;/h2-5,8,11,16H,6,13H2,1H3;1H/t8?,11-;/m0./s1. The molecule has 1 aromatic carbocycles. The first-order valence-electron chi connectivity index (χ1n) is 4.92. The van der Waals surface area contributed by atoms with Crippen LogP contribution in [-0.4, -0.2) is 8.42 Å². The molecule has 1 unspecified atom stereocenters. The maximum absolute atomic E-state index is 10.8. The third-order valence-electron chi connectivity index (χ3n) is 2.47. The fourth-order valence-electron chi connectivity index (χ4n) is 1.36. The lowest BCUT2D eigenvalue weighted by Gasteiger charge is -2.10. The smallest absolute Gasteiger partial charge is 0.146 e. The van der Waals surface area contributed by atoms with Crippen LogP contribution >= 0.6 is 12.4 Å². The first-order chi connectivity index (χ1) is 7.56. The lowest BCUT2D eigenvalue weighted by molar-refractivity contribution is 0.606. The van der Waals surface area contributed by atoms with E-state index in [1.54, 1.807) is 31.2 Å². The number of halogens is 1. The lowest BCUT2D eigenvalue weighted by Crippen LogP contribution is -2.09. The molecular formula is C11H15ClN2O2S. The lowest BCUT2D eigenvalue weighted by atomic mass is 10.0. The van der Waals surface area contributed by atoms with Gasteiger partial charge in [-0.2, -0.15) is 5.26 Å². The van der Waals surface area contributed by atoms with Crippen LogP contribution in [0.5, 0.6) is 0 Å². The van der Waals surface area contributed by atoms with Gasteiger partial charge in [0.2, 0.25) is 0 Å². The van der Waals surface area contributed by atoms with E-state index in [0.29, 0.717) is 0 Å². The van der Waals surface area contributed by atoms with Gasteiger partial charge in [0.1, 0.15) is 10.7 Å². The summed E-state index contributed by atoms with van der Waals surface area (Å²) in [5.74, 6) is 0. The van der Waals surface area contributed by atoms with Gasteiger partial charge in [-0.15, -0.1) is 12.4 Å². The predicted octanol–water partition coefficient (Wildman–Crippen LogP) is 1.69. The van der Waals surface area contributed by atoms with Gasteiger partial charge in [0.25, 0.3) is 0 Å². The molecule has 1 rings (SSSR count). The summed E-state index contributed by atoms with van der Waals surface area (Å²) in [5.41, 5.74) is 7.34. The molecule has 2 atom stereocenters. The van der Waals surface area contributed by atoms with Gasteiger partial charge < -0.3 is 5.73 Å². The van der Waals surface area contributed by atoms with E-state index in [0.717, 1.165) is 11.1 Å². The average Bonchev–Trinajstić information content (AvgIpc) is 2.28. The van der Waals surface area contributed by atoms with Gasteiger partial charge in [0.05, 0.1) is 17.7 Å². The first kappa shape index (κ1) is 15.9. The normalized spacial score (nSPS) is 13.5. The van der Waals surface area contributed by atoms with Gasteiger partial charge >= 0.3 is 0 Å². The van der Waals surface area contributed by atoms with E-state index in [-0.39, 0.29) is 24.9 Å². The Morgan fingerprint density at radius 1 is 1.29 bits per heavy atom. The summed E-state index contributed by atoms with van der Waals surface area (Å²) in [6.45, 7) is 1.63. The second-order valence-corrected chi connectivity index (χ2v) is 4.94. The topological polar surface area (TPSA) is 83.9 Å². The number of thiol groups is 1. The number of rotatable bonds is 4. The highest BCUT2D eigenvalue weighted by molar-refractivity contribution is 7.72. The molecule has 0 saturated heterocycles. The largest absolute Gasteiger partial charge is 0.323 e. The number of nitrogens with zero attached hydrogens (tertiary/aromatic N) is 1. The van der Waals surface area contributed by atoms with Gasteiger partial charge in [-0.1, -0.05) is 24.3 Å². The minimum Gasteiger partial charge on any atom is -0.323 e. The molecule has 1 aromatic rings. The Hall–Kier alpha value is -1.09. The van der Waals surface area contributed by atoms with E-state index in [1.165, 1.54) is 0 Å². The minimum atomic E-state index is -2.45. The highest BCUT2D eigenvalue weighted by atomic mass is 35.5. The molecule has 0 aromatic heterocycles. The van der Waals surface area contributed by atoms with Gasteiger partial charge in [0, 0.05) is 6.04 Å². The molecule has 4 nitrogen and oxygen atoms in total. The Balaban J connectivity index is 0.00000256. The van der Waals surface area contributed by atoms with Crippen molar-refractivity contribution in [3.63, 3.8) is 0 Å². The van der Waals surface area contributed by atoms with Crippen LogP contribution in [-0.2, 0) is 10.7 Å². The number of nitrogens with two attached hydrogens (primary N) is 1. The van der Waals surface area contributed by atoms with Crippen LogP contribution in [0.25, 0.3) is 0 Å². The zero-order valence-electron chi connectivity index (χ0n) is 9.37. The van der Waals surface area contributed by atoms with Crippen molar-refractivity contribution in [3.8, 4) is 6.07 Å². The van der Waals surface area contributed by atoms with E-state index in [9.17, 15) is 8.42 Å². The van der Waals surface area contributed by atoms with Crippen LogP contribution in [0, 0.1) is 11.3 Å². The minimum absolute atomic E-state index is 0. The molecule has 94 valence electrons. The third-order valence-corrected chi connectivity index (χ3v) is 3.41. The summed E-state index contributed by atoms with van der Waals surface area (Å²) >= 11 is 0. The number of hydrogen-bond acceptors (Lipinski definition) is 4. The van der Waals surface area contributed by atoms with Crippen molar-refractivity contribution >= 4 is 23.1 Å². The molecule has 6 heteroatoms. The summed E-state index contributed by atoms with van der Waals surface area (Å²) in [5, 5.41) is 8.01. The summed E-state index contributed by atoms with van der Waals surface area (Å²) in [6, 6.07) is 8.71. The molecule has 0 heterocycles. The number of benzene rings is 1. The van der Waals surface area contributed by atoms with E-state index >= 15 is 0 Å². The highest BCUT2D eigenvalue weighted by Crippen LogP contribution is 2.19. The summed E-state index contributed by atoms with van der Waals surface area (Å²) in [6.07, 6.45) is 0.255. The molecule has 0 aliphatic carbocycles. The van der Waals surface area contributed by atoms with Crippen LogP contribution < -0.4 is 5.73 Å². The van der Waals surface area contributed by atoms with Crippen molar-refractivity contribution in [2.45, 2.75) is 24.6 Å². The fraction of sp³-hybridized carbons (Fsp3) is 0.364. The Morgan fingerprint density at radius 3 is 2.18 bits per heavy atom. The van der Waals surface area contributed by atoms with Crippen molar-refractivity contribution in [1.82, 2.24) is 0 Å². The summed E-state index contributed by atoms with van der Waals surface area (Å²) < 4.78 is 21.6. The average molecular weight is 275 g/mol. The molecular weight excluding hydrogens is 260 g/mol. The van der Waals surface area contributed by atoms with Crippen LogP contribution in [0.15, 0.2) is 24.3 Å². The zero-order chi connectivity index (χ0) is 12.1. The van der Waals surface area contributed by atoms with Crippen molar-refractivity contribution in [1.29, 1.82) is 5.26 Å². The third kappa shape index (κ3) is 4.35. The second-order valence-electron chi connectivity index (χ2n) is 3.60. The molecule has 0 amide bonds. The Labute approximate surface area is 109 Å². The quantitative estimate of drug-likeness (QED) is 0.819. The molecule has 0 radical (unpaired) electrons. The summed E-state index contributed by atoms with van der Waals surface area (Å²) in [7, 11) is -2.45. The van der Waals surface area contributed by atoms with Crippen molar-refractivity contribution in [2.75, 3.05) is 0 Å². The molecule has 0 aliphatic rings. The Kier molecular flexibility index (Phi) is 6.81. The van der Waals surface area contributed by atoms with Gasteiger partial charge in [-0.3, -0.25) is 0 Å². The Bertz CT molecular complexity index is 457. The number of hydrogen-bond donors (Lipinski definition) is 2. The predicted molar refractivity (Wildman–Crippen MR) is 69.6 cm³/mol. The highest BCUT2D eigenvalue weighted by Gasteiger charge is 2.09. The van der Waals surface area contributed by atoms with E-state index in [2.05, 4.69) is 0 Å². The van der Waals surface area contributed by atoms with Crippen molar-refractivity contribution in [2.24, 2.45) is 5.73 Å². The molecule has 0 aliphatic heterocycles. The molecule has 17 heavy (non-hydrogen) atoms. The van der Waals surface area contributed by atoms with Gasteiger partial charge in [0.15, 0.2) is 0 Å². The summed E-state index contributed by atoms with van der Waals surface area (Å²) in [4.78, 5) is 0. The Morgan fingerprint density at radius 2 is 1.76 bits per heavy atom. The number of nitriles is 1. The molecule has 0 bridgehead atoms. The fourth-order valence-corrected chi connectivity index (χ4v) is 1.78. The first-order valence-corrected chi connectivity index (χ1v) is 6.16. The van der Waals surface area contributed by atoms with E-state index < -0.39 is 16.0 Å². The maximum atomic E-state index is 10.8.